The molecule has 1 aromatic carbocycles. The molecule has 0 saturated carbocycles. The first-order valence-corrected chi connectivity index (χ1v) is 5.62. The number of methoxy groups -OCH3 is 1. The van der Waals surface area contributed by atoms with E-state index in [0.29, 0.717) is 18.3 Å². The predicted molar refractivity (Wildman–Crippen MR) is 66.3 cm³/mol. The lowest BCUT2D eigenvalue weighted by Gasteiger charge is -2.04. The van der Waals surface area contributed by atoms with Crippen LogP contribution in [0, 0.1) is 0 Å². The largest absolute Gasteiger partial charge is 0.497 e. The number of nitrogens with one attached hydrogen (secondary N) is 1. The molecule has 0 fully saturated rings. The summed E-state index contributed by atoms with van der Waals surface area (Å²) < 4.78 is 10.6. The second-order valence-corrected chi connectivity index (χ2v) is 3.89. The zero-order chi connectivity index (χ0) is 13.0. The van der Waals surface area contributed by atoms with Crippen LogP contribution in [0.4, 0.5) is 0 Å². The maximum Gasteiger partial charge on any atom is 0.167 e. The zero-order valence-electron chi connectivity index (χ0n) is 10.4. The molecule has 0 spiro atoms. The van der Waals surface area contributed by atoms with Crippen molar-refractivity contribution in [2.75, 3.05) is 7.11 Å². The van der Waals surface area contributed by atoms with E-state index in [1.807, 2.05) is 31.2 Å². The van der Waals surface area contributed by atoms with Crippen molar-refractivity contribution in [1.29, 1.82) is 0 Å². The van der Waals surface area contributed by atoms with Gasteiger partial charge in [-0.25, -0.2) is 4.98 Å². The molecule has 0 unspecified atom stereocenters. The standard InChI is InChI=1S/C12H16N4O2/c1-8(13)12-14-11(15-16-12)7-18-10-5-3-9(17-2)4-6-10/h3-6,8H,7,13H2,1-2H3,(H,14,15,16)/t8-/m1/s1. The third-order valence-electron chi connectivity index (χ3n) is 2.39. The number of hydrogen-bond donors (Lipinski definition) is 2. The molecule has 6 nitrogen and oxygen atoms in total. The van der Waals surface area contributed by atoms with E-state index in [1.54, 1.807) is 7.11 Å². The van der Waals surface area contributed by atoms with Gasteiger partial charge in [0.25, 0.3) is 0 Å². The van der Waals surface area contributed by atoms with Gasteiger partial charge in [0.15, 0.2) is 11.6 Å². The van der Waals surface area contributed by atoms with Gasteiger partial charge in [-0.2, -0.15) is 5.10 Å². The molecule has 0 aliphatic carbocycles. The number of nitrogens with two attached hydrogens (primary N) is 1. The molecular formula is C12H16N4O2. The minimum Gasteiger partial charge on any atom is -0.497 e. The van der Waals surface area contributed by atoms with Crippen molar-refractivity contribution in [3.8, 4) is 11.5 Å². The second-order valence-electron chi connectivity index (χ2n) is 3.89. The normalized spacial score (nSPS) is 12.2. The molecule has 0 aliphatic rings. The summed E-state index contributed by atoms with van der Waals surface area (Å²) in [5.41, 5.74) is 5.67. The van der Waals surface area contributed by atoms with Gasteiger partial charge in [-0.3, -0.25) is 5.10 Å². The van der Waals surface area contributed by atoms with Crippen molar-refractivity contribution >= 4 is 0 Å². The summed E-state index contributed by atoms with van der Waals surface area (Å²) in [7, 11) is 1.62. The fraction of sp³-hybridized carbons (Fsp3) is 0.333. The molecule has 0 bridgehead atoms. The molecule has 1 aromatic heterocycles. The Bertz CT molecular complexity index is 493. The predicted octanol–water partition coefficient (Wildman–Crippen LogP) is 1.41. The summed E-state index contributed by atoms with van der Waals surface area (Å²) in [6.07, 6.45) is 0. The molecule has 2 rings (SSSR count). The van der Waals surface area contributed by atoms with Crippen molar-refractivity contribution in [3.05, 3.63) is 35.9 Å². The van der Waals surface area contributed by atoms with E-state index in [9.17, 15) is 0 Å². The number of aromatic amines is 1. The number of ether oxygens (including phenoxy) is 2. The lowest BCUT2D eigenvalue weighted by atomic mass is 10.3. The Kier molecular flexibility index (Phi) is 3.78. The molecule has 0 saturated heterocycles. The molecule has 6 heteroatoms. The van der Waals surface area contributed by atoms with Gasteiger partial charge in [-0.15, -0.1) is 0 Å². The van der Waals surface area contributed by atoms with Gasteiger partial charge in [-0.1, -0.05) is 0 Å². The van der Waals surface area contributed by atoms with Crippen LogP contribution in [-0.2, 0) is 6.61 Å². The summed E-state index contributed by atoms with van der Waals surface area (Å²) >= 11 is 0. The van der Waals surface area contributed by atoms with Crippen LogP contribution in [0.1, 0.15) is 24.6 Å². The monoisotopic (exact) mass is 248 g/mol. The Balaban J connectivity index is 1.93. The summed E-state index contributed by atoms with van der Waals surface area (Å²) in [5, 5.41) is 6.78. The summed E-state index contributed by atoms with van der Waals surface area (Å²) in [6.45, 7) is 2.16. The minimum absolute atomic E-state index is 0.184. The van der Waals surface area contributed by atoms with Gasteiger partial charge in [-0.05, 0) is 31.2 Å². The van der Waals surface area contributed by atoms with E-state index in [1.165, 1.54) is 0 Å². The number of hydrogen-bond acceptors (Lipinski definition) is 5. The first-order chi connectivity index (χ1) is 8.69. The van der Waals surface area contributed by atoms with Crippen LogP contribution in [0.3, 0.4) is 0 Å². The van der Waals surface area contributed by atoms with Crippen molar-refractivity contribution in [2.24, 2.45) is 5.73 Å². The smallest absolute Gasteiger partial charge is 0.167 e. The molecule has 1 heterocycles. The highest BCUT2D eigenvalue weighted by Gasteiger charge is 2.07. The summed E-state index contributed by atoms with van der Waals surface area (Å²) in [6, 6.07) is 7.16. The molecule has 0 amide bonds. The number of H-pyrrole nitrogens is 1. The Morgan fingerprint density at radius 1 is 1.28 bits per heavy atom. The van der Waals surface area contributed by atoms with Crippen molar-refractivity contribution in [3.63, 3.8) is 0 Å². The van der Waals surface area contributed by atoms with Gasteiger partial charge in [0.2, 0.25) is 0 Å². The maximum atomic E-state index is 5.67. The van der Waals surface area contributed by atoms with E-state index in [2.05, 4.69) is 15.2 Å². The van der Waals surface area contributed by atoms with E-state index >= 15 is 0 Å². The Morgan fingerprint density at radius 2 is 1.94 bits per heavy atom. The molecular weight excluding hydrogens is 232 g/mol. The topological polar surface area (TPSA) is 86.1 Å². The number of aromatic nitrogens is 3. The molecule has 0 aliphatic heterocycles. The van der Waals surface area contributed by atoms with Crippen LogP contribution < -0.4 is 15.2 Å². The lowest BCUT2D eigenvalue weighted by molar-refractivity contribution is 0.295. The molecule has 1 atom stereocenters. The van der Waals surface area contributed by atoms with E-state index in [-0.39, 0.29) is 6.04 Å². The van der Waals surface area contributed by atoms with Crippen LogP contribution in [-0.4, -0.2) is 22.3 Å². The fourth-order valence-corrected chi connectivity index (χ4v) is 1.40. The van der Waals surface area contributed by atoms with Crippen LogP contribution in [0.5, 0.6) is 11.5 Å². The number of nitrogens with zero attached hydrogens (tertiary/aromatic N) is 2. The van der Waals surface area contributed by atoms with Crippen LogP contribution in [0.25, 0.3) is 0 Å². The number of rotatable bonds is 5. The molecule has 96 valence electrons. The van der Waals surface area contributed by atoms with Crippen molar-refractivity contribution < 1.29 is 9.47 Å². The average molecular weight is 248 g/mol. The summed E-state index contributed by atoms with van der Waals surface area (Å²) in [5.74, 6) is 2.78. The first-order valence-electron chi connectivity index (χ1n) is 5.62. The van der Waals surface area contributed by atoms with Crippen LogP contribution in [0.2, 0.25) is 0 Å². The number of benzene rings is 1. The van der Waals surface area contributed by atoms with Crippen molar-refractivity contribution in [1.82, 2.24) is 15.2 Å². The van der Waals surface area contributed by atoms with Gasteiger partial charge in [0.05, 0.1) is 13.2 Å². The zero-order valence-corrected chi connectivity index (χ0v) is 10.4. The minimum atomic E-state index is -0.184. The van der Waals surface area contributed by atoms with Crippen LogP contribution >= 0.6 is 0 Å². The molecule has 3 N–H and O–H groups in total. The van der Waals surface area contributed by atoms with Crippen molar-refractivity contribution in [2.45, 2.75) is 19.6 Å². The van der Waals surface area contributed by atoms with E-state index in [4.69, 9.17) is 15.2 Å². The van der Waals surface area contributed by atoms with Gasteiger partial charge >= 0.3 is 0 Å². The molecule has 18 heavy (non-hydrogen) atoms. The Morgan fingerprint density at radius 3 is 2.50 bits per heavy atom. The Hall–Kier alpha value is -2.08. The van der Waals surface area contributed by atoms with Crippen LogP contribution in [0.15, 0.2) is 24.3 Å². The third kappa shape index (κ3) is 2.98. The van der Waals surface area contributed by atoms with E-state index < -0.39 is 0 Å². The third-order valence-corrected chi connectivity index (χ3v) is 2.39. The molecule has 0 radical (unpaired) electrons. The average Bonchev–Trinajstić information content (AvgIpc) is 2.86. The van der Waals surface area contributed by atoms with E-state index in [0.717, 1.165) is 11.5 Å². The van der Waals surface area contributed by atoms with Gasteiger partial charge < -0.3 is 15.2 Å². The summed E-state index contributed by atoms with van der Waals surface area (Å²) in [4.78, 5) is 4.22. The Labute approximate surface area is 105 Å². The second kappa shape index (κ2) is 5.50. The molecule has 2 aromatic rings. The first kappa shape index (κ1) is 12.4. The highest BCUT2D eigenvalue weighted by atomic mass is 16.5. The maximum absolute atomic E-state index is 5.67. The van der Waals surface area contributed by atoms with Gasteiger partial charge in [0, 0.05) is 0 Å². The highest BCUT2D eigenvalue weighted by Crippen LogP contribution is 2.17. The lowest BCUT2D eigenvalue weighted by Crippen LogP contribution is -2.07. The quantitative estimate of drug-likeness (QED) is 0.835. The SMILES string of the molecule is COc1ccc(OCc2nc([C@@H](C)N)n[nH]2)cc1. The highest BCUT2D eigenvalue weighted by molar-refractivity contribution is 5.31. The van der Waals surface area contributed by atoms with Gasteiger partial charge in [0.1, 0.15) is 18.1 Å². The fourth-order valence-electron chi connectivity index (χ4n) is 1.40.